The van der Waals surface area contributed by atoms with E-state index in [9.17, 15) is 4.39 Å². The molecule has 19 heavy (non-hydrogen) atoms. The molecule has 0 bridgehead atoms. The molecule has 0 unspecified atom stereocenters. The van der Waals surface area contributed by atoms with Gasteiger partial charge in [-0.1, -0.05) is 28.1 Å². The maximum absolute atomic E-state index is 13.4. The van der Waals surface area contributed by atoms with Crippen LogP contribution in [0.4, 0.5) is 10.1 Å². The molecular weight excluding hydrogens is 305 g/mol. The van der Waals surface area contributed by atoms with Gasteiger partial charge in [-0.25, -0.2) is 4.39 Å². The summed E-state index contributed by atoms with van der Waals surface area (Å²) in [6.07, 6.45) is 0. The van der Waals surface area contributed by atoms with Crippen LogP contribution in [0, 0.1) is 12.7 Å². The predicted molar refractivity (Wildman–Crippen MR) is 82.0 cm³/mol. The van der Waals surface area contributed by atoms with Gasteiger partial charge in [0.25, 0.3) is 0 Å². The van der Waals surface area contributed by atoms with Crippen LogP contribution in [0.1, 0.15) is 18.1 Å². The minimum atomic E-state index is -0.204. The van der Waals surface area contributed by atoms with Gasteiger partial charge in [0.15, 0.2) is 0 Å². The van der Waals surface area contributed by atoms with Gasteiger partial charge in [-0.05, 0) is 55.3 Å². The summed E-state index contributed by atoms with van der Waals surface area (Å²) >= 11 is 3.33. The van der Waals surface area contributed by atoms with Crippen molar-refractivity contribution in [3.8, 4) is 0 Å². The molecule has 0 atom stereocenters. The first kappa shape index (κ1) is 14.1. The lowest BCUT2D eigenvalue weighted by molar-refractivity contribution is 0.623. The molecule has 0 saturated heterocycles. The van der Waals surface area contributed by atoms with Gasteiger partial charge in [-0.2, -0.15) is 0 Å². The molecule has 1 nitrogen and oxygen atoms in total. The maximum Gasteiger partial charge on any atom is 0.124 e. The van der Waals surface area contributed by atoms with Gasteiger partial charge >= 0.3 is 0 Å². The highest BCUT2D eigenvalue weighted by Crippen LogP contribution is 2.21. The van der Waals surface area contributed by atoms with Crippen LogP contribution in [0.2, 0.25) is 0 Å². The van der Waals surface area contributed by atoms with E-state index in [1.165, 1.54) is 17.3 Å². The van der Waals surface area contributed by atoms with Crippen molar-refractivity contribution in [1.82, 2.24) is 0 Å². The molecule has 0 aliphatic heterocycles. The number of aryl methyl sites for hydroxylation is 1. The van der Waals surface area contributed by atoms with Crippen molar-refractivity contribution in [2.24, 2.45) is 0 Å². The van der Waals surface area contributed by atoms with Crippen molar-refractivity contribution in [2.45, 2.75) is 20.4 Å². The van der Waals surface area contributed by atoms with E-state index >= 15 is 0 Å². The van der Waals surface area contributed by atoms with Crippen LogP contribution in [0.25, 0.3) is 0 Å². The number of rotatable bonds is 4. The Morgan fingerprint density at radius 3 is 2.58 bits per heavy atom. The van der Waals surface area contributed by atoms with E-state index in [1.807, 2.05) is 6.07 Å². The van der Waals surface area contributed by atoms with Crippen LogP contribution < -0.4 is 4.90 Å². The summed E-state index contributed by atoms with van der Waals surface area (Å²) in [5.74, 6) is -0.204. The Hall–Kier alpha value is -1.35. The van der Waals surface area contributed by atoms with E-state index in [0.717, 1.165) is 16.6 Å². The molecule has 0 fully saturated rings. The molecule has 0 radical (unpaired) electrons. The summed E-state index contributed by atoms with van der Waals surface area (Å²) < 4.78 is 14.2. The summed E-state index contributed by atoms with van der Waals surface area (Å²) in [6, 6.07) is 13.4. The number of benzene rings is 2. The van der Waals surface area contributed by atoms with E-state index < -0.39 is 0 Å². The summed E-state index contributed by atoms with van der Waals surface area (Å²) in [5.41, 5.74) is 3.37. The predicted octanol–water partition coefficient (Wildman–Crippen LogP) is 4.92. The van der Waals surface area contributed by atoms with E-state index in [2.05, 4.69) is 58.9 Å². The van der Waals surface area contributed by atoms with Gasteiger partial charge < -0.3 is 4.90 Å². The molecule has 2 aromatic carbocycles. The summed E-state index contributed by atoms with van der Waals surface area (Å²) in [7, 11) is 0. The van der Waals surface area contributed by atoms with E-state index in [4.69, 9.17) is 0 Å². The topological polar surface area (TPSA) is 3.24 Å². The number of anilines is 1. The first-order valence-electron chi connectivity index (χ1n) is 6.35. The zero-order chi connectivity index (χ0) is 13.8. The molecule has 0 aromatic heterocycles. The van der Waals surface area contributed by atoms with Crippen molar-refractivity contribution in [2.75, 3.05) is 11.4 Å². The molecule has 0 saturated carbocycles. The highest BCUT2D eigenvalue weighted by atomic mass is 79.9. The second-order valence-corrected chi connectivity index (χ2v) is 5.55. The Bertz CT molecular complexity index is 548. The van der Waals surface area contributed by atoms with Crippen LogP contribution in [-0.4, -0.2) is 6.54 Å². The molecule has 3 heteroatoms. The number of hydrogen-bond acceptors (Lipinski definition) is 1. The minimum absolute atomic E-state index is 0.204. The molecule has 100 valence electrons. The van der Waals surface area contributed by atoms with Crippen molar-refractivity contribution < 1.29 is 4.39 Å². The Labute approximate surface area is 122 Å². The normalized spacial score (nSPS) is 10.5. The third-order valence-electron chi connectivity index (χ3n) is 3.04. The second kappa shape index (κ2) is 6.20. The lowest BCUT2D eigenvalue weighted by atomic mass is 10.1. The molecule has 0 aliphatic rings. The van der Waals surface area contributed by atoms with Crippen molar-refractivity contribution in [1.29, 1.82) is 0 Å². The molecule has 0 aliphatic carbocycles. The van der Waals surface area contributed by atoms with Gasteiger partial charge in [-0.3, -0.25) is 0 Å². The number of nitrogens with zero attached hydrogens (tertiary/aromatic N) is 1. The van der Waals surface area contributed by atoms with Crippen LogP contribution in [-0.2, 0) is 6.54 Å². The fourth-order valence-electron chi connectivity index (χ4n) is 2.13. The molecule has 0 heterocycles. The lowest BCUT2D eigenvalue weighted by Gasteiger charge is -2.23. The van der Waals surface area contributed by atoms with Crippen molar-refractivity contribution in [3.05, 3.63) is 63.9 Å². The maximum atomic E-state index is 13.4. The van der Waals surface area contributed by atoms with Crippen LogP contribution >= 0.6 is 15.9 Å². The largest absolute Gasteiger partial charge is 0.367 e. The average molecular weight is 322 g/mol. The molecular formula is C16H17BrFN. The van der Waals surface area contributed by atoms with Gasteiger partial charge in [0.05, 0.1) is 0 Å². The van der Waals surface area contributed by atoms with Gasteiger partial charge in [0.1, 0.15) is 5.82 Å². The molecule has 0 amide bonds. The number of halogens is 2. The molecule has 2 aromatic rings. The van der Waals surface area contributed by atoms with Crippen molar-refractivity contribution in [3.63, 3.8) is 0 Å². The van der Waals surface area contributed by atoms with Gasteiger partial charge in [-0.15, -0.1) is 0 Å². The summed E-state index contributed by atoms with van der Waals surface area (Å²) in [4.78, 5) is 2.23. The average Bonchev–Trinajstić information content (AvgIpc) is 2.34. The third kappa shape index (κ3) is 3.80. The summed E-state index contributed by atoms with van der Waals surface area (Å²) in [6.45, 7) is 5.78. The first-order chi connectivity index (χ1) is 9.08. The quantitative estimate of drug-likeness (QED) is 0.772. The second-order valence-electron chi connectivity index (χ2n) is 4.63. The van der Waals surface area contributed by atoms with Crippen LogP contribution in [0.3, 0.4) is 0 Å². The fourth-order valence-corrected chi connectivity index (χ4v) is 2.65. The smallest absolute Gasteiger partial charge is 0.124 e. The minimum Gasteiger partial charge on any atom is -0.367 e. The zero-order valence-corrected chi connectivity index (χ0v) is 12.7. The number of hydrogen-bond donors (Lipinski definition) is 0. The highest BCUT2D eigenvalue weighted by Gasteiger charge is 2.07. The monoisotopic (exact) mass is 321 g/mol. The Balaban J connectivity index is 2.23. The summed E-state index contributed by atoms with van der Waals surface area (Å²) in [5, 5.41) is 0. The zero-order valence-electron chi connectivity index (χ0n) is 11.2. The fraction of sp³-hybridized carbons (Fsp3) is 0.250. The lowest BCUT2D eigenvalue weighted by Crippen LogP contribution is -2.22. The van der Waals surface area contributed by atoms with E-state index in [1.54, 1.807) is 6.07 Å². The SMILES string of the molecule is CCN(Cc1cc(F)cc(Br)c1)c1cccc(C)c1. The highest BCUT2D eigenvalue weighted by molar-refractivity contribution is 9.10. The van der Waals surface area contributed by atoms with Gasteiger partial charge in [0.2, 0.25) is 0 Å². The van der Waals surface area contributed by atoms with Gasteiger partial charge in [0, 0.05) is 23.2 Å². The Kier molecular flexibility index (Phi) is 4.59. The third-order valence-corrected chi connectivity index (χ3v) is 3.50. The standard InChI is InChI=1S/C16H17BrFN/c1-3-19(16-6-4-5-12(2)7-16)11-13-8-14(17)10-15(18)9-13/h4-10H,3,11H2,1-2H3. The van der Waals surface area contributed by atoms with Crippen molar-refractivity contribution >= 4 is 21.6 Å². The molecule has 0 spiro atoms. The molecule has 0 N–H and O–H groups in total. The van der Waals surface area contributed by atoms with Crippen LogP contribution in [0.5, 0.6) is 0 Å². The van der Waals surface area contributed by atoms with E-state index in [0.29, 0.717) is 6.54 Å². The Morgan fingerprint density at radius 1 is 1.16 bits per heavy atom. The van der Waals surface area contributed by atoms with Crippen LogP contribution in [0.15, 0.2) is 46.9 Å². The first-order valence-corrected chi connectivity index (χ1v) is 7.14. The molecule has 2 rings (SSSR count). The van der Waals surface area contributed by atoms with E-state index in [-0.39, 0.29) is 5.82 Å². The Morgan fingerprint density at radius 2 is 1.95 bits per heavy atom.